The minimum absolute atomic E-state index is 0.143. The summed E-state index contributed by atoms with van der Waals surface area (Å²) >= 11 is 1.33. The molecule has 0 saturated carbocycles. The summed E-state index contributed by atoms with van der Waals surface area (Å²) in [6, 6.07) is 16.8. The van der Waals surface area contributed by atoms with Crippen molar-refractivity contribution in [3.05, 3.63) is 93.7 Å². The zero-order valence-corrected chi connectivity index (χ0v) is 20.2. The molecule has 4 aromatic rings. The van der Waals surface area contributed by atoms with Crippen LogP contribution in [0.15, 0.2) is 60.7 Å². The lowest BCUT2D eigenvalue weighted by Crippen LogP contribution is -2.22. The molecule has 0 aliphatic heterocycles. The van der Waals surface area contributed by atoms with E-state index in [2.05, 4.69) is 10.3 Å². The summed E-state index contributed by atoms with van der Waals surface area (Å²) in [5, 5.41) is 12.9. The van der Waals surface area contributed by atoms with Crippen LogP contribution in [-0.2, 0) is 6.54 Å². The van der Waals surface area contributed by atoms with E-state index in [0.29, 0.717) is 33.0 Å². The Labute approximate surface area is 206 Å². The predicted octanol–water partition coefficient (Wildman–Crippen LogP) is 5.87. The summed E-state index contributed by atoms with van der Waals surface area (Å²) in [6.45, 7) is 3.97. The number of carbonyl (C=O) groups excluding carboxylic acids is 1. The average Bonchev–Trinajstić information content (AvgIpc) is 3.24. The number of nitrogens with one attached hydrogen (secondary N) is 1. The summed E-state index contributed by atoms with van der Waals surface area (Å²) in [5.74, 6) is -1.57. The van der Waals surface area contributed by atoms with Crippen molar-refractivity contribution in [2.75, 3.05) is 7.11 Å². The molecular formula is C27H23FN2O4S. The first-order valence-electron chi connectivity index (χ1n) is 10.8. The Kier molecular flexibility index (Phi) is 6.93. The smallest absolute Gasteiger partial charge is 0.335 e. The van der Waals surface area contributed by atoms with E-state index in [0.717, 1.165) is 22.2 Å². The molecule has 1 amide bonds. The molecular weight excluding hydrogens is 467 g/mol. The number of ether oxygens (including phenoxy) is 1. The quantitative estimate of drug-likeness (QED) is 0.338. The van der Waals surface area contributed by atoms with Crippen LogP contribution in [0.5, 0.6) is 5.75 Å². The van der Waals surface area contributed by atoms with Crippen LogP contribution in [0.3, 0.4) is 0 Å². The van der Waals surface area contributed by atoms with Gasteiger partial charge in [-0.15, -0.1) is 11.3 Å². The van der Waals surface area contributed by atoms with Crippen molar-refractivity contribution in [3.8, 4) is 27.4 Å². The third-order valence-corrected chi connectivity index (χ3v) is 6.70. The van der Waals surface area contributed by atoms with Crippen LogP contribution in [0.4, 0.5) is 4.39 Å². The van der Waals surface area contributed by atoms with Crippen molar-refractivity contribution < 1.29 is 23.8 Å². The maximum atomic E-state index is 14.0. The molecule has 4 rings (SSSR count). The van der Waals surface area contributed by atoms with Crippen molar-refractivity contribution >= 4 is 23.2 Å². The molecule has 35 heavy (non-hydrogen) atoms. The van der Waals surface area contributed by atoms with Gasteiger partial charge in [-0.25, -0.2) is 14.2 Å². The van der Waals surface area contributed by atoms with Gasteiger partial charge in [-0.05, 0) is 55.3 Å². The molecule has 3 aromatic carbocycles. The Morgan fingerprint density at radius 2 is 1.71 bits per heavy atom. The maximum Gasteiger partial charge on any atom is 0.335 e. The average molecular weight is 491 g/mol. The lowest BCUT2D eigenvalue weighted by atomic mass is 10.00. The Morgan fingerprint density at radius 3 is 2.40 bits per heavy atom. The number of rotatable bonds is 7. The number of carboxylic acid groups (broad SMARTS) is 1. The number of hydrogen-bond donors (Lipinski definition) is 2. The van der Waals surface area contributed by atoms with Crippen LogP contribution in [0.2, 0.25) is 0 Å². The number of aromatic carboxylic acids is 1. The molecule has 0 bridgehead atoms. The summed E-state index contributed by atoms with van der Waals surface area (Å²) in [5.41, 5.74) is 4.29. The van der Waals surface area contributed by atoms with Crippen LogP contribution in [0, 0.1) is 19.7 Å². The molecule has 178 valence electrons. The number of methoxy groups -OCH3 is 1. The van der Waals surface area contributed by atoms with Gasteiger partial charge in [0, 0.05) is 17.7 Å². The fourth-order valence-electron chi connectivity index (χ4n) is 3.66. The number of aryl methyl sites for hydroxylation is 2. The van der Waals surface area contributed by atoms with Gasteiger partial charge in [-0.2, -0.15) is 0 Å². The molecule has 0 radical (unpaired) electrons. The van der Waals surface area contributed by atoms with Crippen LogP contribution in [-0.4, -0.2) is 29.1 Å². The molecule has 0 fully saturated rings. The second kappa shape index (κ2) is 10.1. The highest BCUT2D eigenvalue weighted by Crippen LogP contribution is 2.30. The van der Waals surface area contributed by atoms with E-state index in [-0.39, 0.29) is 18.0 Å². The van der Waals surface area contributed by atoms with Crippen molar-refractivity contribution in [1.29, 1.82) is 0 Å². The molecule has 0 atom stereocenters. The molecule has 0 unspecified atom stereocenters. The van der Waals surface area contributed by atoms with E-state index in [9.17, 15) is 19.1 Å². The lowest BCUT2D eigenvalue weighted by molar-refractivity contribution is 0.0696. The van der Waals surface area contributed by atoms with Gasteiger partial charge in [0.05, 0.1) is 18.4 Å². The van der Waals surface area contributed by atoms with Gasteiger partial charge in [0.25, 0.3) is 5.91 Å². The SMILES string of the molecule is COc1ccc(-c2cc(F)cc(C(=O)O)c2)cc1CNC(=O)c1sc(-c2ccc(C)cc2)nc1C. The minimum Gasteiger partial charge on any atom is -0.496 e. The molecule has 8 heteroatoms. The first-order chi connectivity index (χ1) is 16.7. The molecule has 0 saturated heterocycles. The van der Waals surface area contributed by atoms with E-state index in [1.807, 2.05) is 31.2 Å². The minimum atomic E-state index is -1.21. The Balaban J connectivity index is 1.56. The summed E-state index contributed by atoms with van der Waals surface area (Å²) in [6.07, 6.45) is 0. The highest BCUT2D eigenvalue weighted by Gasteiger charge is 2.17. The number of amides is 1. The third-order valence-electron chi connectivity index (χ3n) is 5.50. The number of hydrogen-bond acceptors (Lipinski definition) is 5. The van der Waals surface area contributed by atoms with Crippen molar-refractivity contribution in [3.63, 3.8) is 0 Å². The zero-order chi connectivity index (χ0) is 25.1. The summed E-state index contributed by atoms with van der Waals surface area (Å²) in [7, 11) is 1.52. The highest BCUT2D eigenvalue weighted by atomic mass is 32.1. The largest absolute Gasteiger partial charge is 0.496 e. The van der Waals surface area contributed by atoms with Gasteiger partial charge in [0.1, 0.15) is 21.5 Å². The monoisotopic (exact) mass is 490 g/mol. The Bertz CT molecular complexity index is 1410. The van der Waals surface area contributed by atoms with Gasteiger partial charge in [-0.1, -0.05) is 35.9 Å². The molecule has 2 N–H and O–H groups in total. The predicted molar refractivity (Wildman–Crippen MR) is 134 cm³/mol. The Morgan fingerprint density at radius 1 is 1.00 bits per heavy atom. The van der Waals surface area contributed by atoms with Crippen LogP contribution in [0.1, 0.15) is 36.9 Å². The number of carboxylic acids is 1. The molecule has 0 aliphatic rings. The van der Waals surface area contributed by atoms with Gasteiger partial charge < -0.3 is 15.2 Å². The molecule has 0 spiro atoms. The second-order valence-corrected chi connectivity index (χ2v) is 9.04. The van der Waals surface area contributed by atoms with Gasteiger partial charge in [0.15, 0.2) is 0 Å². The number of benzene rings is 3. The fourth-order valence-corrected chi connectivity index (χ4v) is 4.65. The highest BCUT2D eigenvalue weighted by molar-refractivity contribution is 7.17. The van der Waals surface area contributed by atoms with Crippen molar-refractivity contribution in [1.82, 2.24) is 10.3 Å². The topological polar surface area (TPSA) is 88.5 Å². The molecule has 1 heterocycles. The van der Waals surface area contributed by atoms with Crippen LogP contribution in [0.25, 0.3) is 21.7 Å². The van der Waals surface area contributed by atoms with Crippen LogP contribution >= 0.6 is 11.3 Å². The number of aromatic nitrogens is 1. The van der Waals surface area contributed by atoms with E-state index in [4.69, 9.17) is 4.74 Å². The molecule has 0 aliphatic carbocycles. The van der Waals surface area contributed by atoms with Gasteiger partial charge in [-0.3, -0.25) is 4.79 Å². The third kappa shape index (κ3) is 5.38. The number of carbonyl (C=O) groups is 2. The molecule has 1 aromatic heterocycles. The number of halogens is 1. The summed E-state index contributed by atoms with van der Waals surface area (Å²) in [4.78, 5) is 29.3. The first kappa shape index (κ1) is 24.1. The zero-order valence-electron chi connectivity index (χ0n) is 19.4. The van der Waals surface area contributed by atoms with E-state index < -0.39 is 11.8 Å². The fraction of sp³-hybridized carbons (Fsp3) is 0.148. The van der Waals surface area contributed by atoms with E-state index in [1.54, 1.807) is 25.1 Å². The van der Waals surface area contributed by atoms with Crippen molar-refractivity contribution in [2.45, 2.75) is 20.4 Å². The van der Waals surface area contributed by atoms with E-state index >= 15 is 0 Å². The van der Waals surface area contributed by atoms with E-state index in [1.165, 1.54) is 30.6 Å². The molecule has 6 nitrogen and oxygen atoms in total. The lowest BCUT2D eigenvalue weighted by Gasteiger charge is -2.12. The second-order valence-electron chi connectivity index (χ2n) is 8.04. The van der Waals surface area contributed by atoms with Gasteiger partial charge >= 0.3 is 5.97 Å². The Hall–Kier alpha value is -4.04. The number of nitrogens with zero attached hydrogens (tertiary/aromatic N) is 1. The summed E-state index contributed by atoms with van der Waals surface area (Å²) < 4.78 is 19.4. The van der Waals surface area contributed by atoms with Crippen molar-refractivity contribution in [2.24, 2.45) is 0 Å². The normalized spacial score (nSPS) is 10.7. The first-order valence-corrected chi connectivity index (χ1v) is 11.6. The maximum absolute atomic E-state index is 14.0. The van der Waals surface area contributed by atoms with Gasteiger partial charge in [0.2, 0.25) is 0 Å². The standard InChI is InChI=1S/C27H23FN2O4S/c1-15-4-6-17(7-5-15)26-30-16(2)24(35-26)25(31)29-14-21-10-18(8-9-23(21)34-3)19-11-20(27(32)33)13-22(28)12-19/h4-13H,14H2,1-3H3,(H,29,31)(H,32,33). The van der Waals surface area contributed by atoms with Crippen LogP contribution < -0.4 is 10.1 Å². The number of thiazole rings is 1.